The van der Waals surface area contributed by atoms with Crippen molar-refractivity contribution in [1.29, 1.82) is 0 Å². The van der Waals surface area contributed by atoms with E-state index < -0.39 is 6.03 Å². The molecular formula is C5H7ClN4O. The lowest BCUT2D eigenvalue weighted by Crippen LogP contribution is -2.46. The molecule has 1 aliphatic rings. The third-order valence-corrected chi connectivity index (χ3v) is 1.41. The van der Waals surface area contributed by atoms with Crippen molar-refractivity contribution in [1.82, 2.24) is 4.90 Å². The minimum absolute atomic E-state index is 0.0712. The molecule has 1 aliphatic heterocycles. The van der Waals surface area contributed by atoms with Crippen LogP contribution in [-0.4, -0.2) is 23.4 Å². The van der Waals surface area contributed by atoms with Gasteiger partial charge in [0.15, 0.2) is 0 Å². The molecule has 0 atom stereocenters. The van der Waals surface area contributed by atoms with Gasteiger partial charge in [0.1, 0.15) is 0 Å². The predicted molar refractivity (Wildman–Crippen MR) is 41.8 cm³/mol. The Morgan fingerprint density at radius 3 is 2.91 bits per heavy atom. The monoisotopic (exact) mass is 174 g/mol. The number of aliphatic imine (C=N–C) groups is 1. The summed E-state index contributed by atoms with van der Waals surface area (Å²) in [5.41, 5.74) is 10.3. The summed E-state index contributed by atoms with van der Waals surface area (Å²) >= 11 is 5.57. The van der Waals surface area contributed by atoms with Gasteiger partial charge >= 0.3 is 6.03 Å². The highest BCUT2D eigenvalue weighted by Crippen LogP contribution is 2.09. The number of amides is 2. The molecule has 1 rings (SSSR count). The first-order chi connectivity index (χ1) is 5.11. The minimum atomic E-state index is -0.655. The summed E-state index contributed by atoms with van der Waals surface area (Å²) in [4.78, 5) is 15.3. The van der Waals surface area contributed by atoms with Crippen molar-refractivity contribution in [3.8, 4) is 0 Å². The second kappa shape index (κ2) is 2.79. The van der Waals surface area contributed by atoms with E-state index in [2.05, 4.69) is 4.99 Å². The number of rotatable bonds is 0. The number of carbonyl (C=O) groups excluding carboxylic acids is 1. The maximum Gasteiger partial charge on any atom is 0.321 e. The molecule has 4 N–H and O–H groups in total. The lowest BCUT2D eigenvalue weighted by atomic mass is 10.5. The van der Waals surface area contributed by atoms with Crippen molar-refractivity contribution in [2.75, 3.05) is 6.54 Å². The van der Waals surface area contributed by atoms with Crippen LogP contribution in [0.3, 0.4) is 0 Å². The number of nitrogens with zero attached hydrogens (tertiary/aromatic N) is 2. The maximum absolute atomic E-state index is 10.6. The van der Waals surface area contributed by atoms with Gasteiger partial charge in [-0.15, -0.1) is 0 Å². The van der Waals surface area contributed by atoms with Crippen molar-refractivity contribution in [3.05, 3.63) is 11.2 Å². The molecule has 6 heteroatoms. The third-order valence-electron chi connectivity index (χ3n) is 1.19. The first kappa shape index (κ1) is 7.87. The summed E-state index contributed by atoms with van der Waals surface area (Å²) in [5, 5.41) is 0.429. The van der Waals surface area contributed by atoms with E-state index in [1.807, 2.05) is 0 Å². The first-order valence-electron chi connectivity index (χ1n) is 2.86. The Kier molecular flexibility index (Phi) is 2.00. The van der Waals surface area contributed by atoms with Crippen LogP contribution in [0.15, 0.2) is 16.2 Å². The van der Waals surface area contributed by atoms with Gasteiger partial charge in [0.25, 0.3) is 0 Å². The number of hydrogen-bond donors (Lipinski definition) is 2. The lowest BCUT2D eigenvalue weighted by Gasteiger charge is -2.20. The zero-order valence-corrected chi connectivity index (χ0v) is 6.38. The summed E-state index contributed by atoms with van der Waals surface area (Å²) < 4.78 is 0. The van der Waals surface area contributed by atoms with Crippen molar-refractivity contribution in [2.45, 2.75) is 0 Å². The Balaban J connectivity index is 2.81. The van der Waals surface area contributed by atoms with Gasteiger partial charge in [-0.3, -0.25) is 4.90 Å². The second-order valence-corrected chi connectivity index (χ2v) is 2.47. The lowest BCUT2D eigenvalue weighted by molar-refractivity contribution is 0.232. The van der Waals surface area contributed by atoms with Crippen LogP contribution in [0.1, 0.15) is 0 Å². The van der Waals surface area contributed by atoms with Crippen molar-refractivity contribution in [3.63, 3.8) is 0 Å². The molecule has 5 nitrogen and oxygen atoms in total. The standard InChI is InChI=1S/C5H7ClN4O/c6-3-1-9-4(7)10(2-3)5(8)11/h1H,2H2,(H2,7,9)(H2,8,11). The predicted octanol–water partition coefficient (Wildman–Crippen LogP) is -0.224. The molecule has 2 amide bonds. The number of primary amides is 1. The van der Waals surface area contributed by atoms with E-state index in [4.69, 9.17) is 23.1 Å². The highest BCUT2D eigenvalue weighted by molar-refractivity contribution is 6.30. The fourth-order valence-corrected chi connectivity index (χ4v) is 0.838. The number of carbonyl (C=O) groups is 1. The number of hydrogen-bond acceptors (Lipinski definition) is 3. The normalized spacial score (nSPS) is 17.4. The zero-order chi connectivity index (χ0) is 8.43. The van der Waals surface area contributed by atoms with Crippen molar-refractivity contribution >= 4 is 23.6 Å². The fourth-order valence-electron chi connectivity index (χ4n) is 0.670. The number of halogens is 1. The largest absolute Gasteiger partial charge is 0.369 e. The average molecular weight is 175 g/mol. The molecule has 0 radical (unpaired) electrons. The zero-order valence-electron chi connectivity index (χ0n) is 5.62. The molecule has 0 unspecified atom stereocenters. The summed E-state index contributed by atoms with van der Waals surface area (Å²) in [6.07, 6.45) is 1.39. The third kappa shape index (κ3) is 1.62. The van der Waals surface area contributed by atoms with E-state index >= 15 is 0 Å². The Morgan fingerprint density at radius 2 is 2.45 bits per heavy atom. The topological polar surface area (TPSA) is 84.7 Å². The minimum Gasteiger partial charge on any atom is -0.369 e. The molecule has 0 spiro atoms. The van der Waals surface area contributed by atoms with E-state index in [0.717, 1.165) is 4.90 Å². The van der Waals surface area contributed by atoms with Crippen LogP contribution in [0.25, 0.3) is 0 Å². The molecule has 0 fully saturated rings. The van der Waals surface area contributed by atoms with Crippen LogP contribution in [0, 0.1) is 0 Å². The Hall–Kier alpha value is -1.23. The van der Waals surface area contributed by atoms with Gasteiger partial charge in [0, 0.05) is 6.20 Å². The molecule has 0 bridgehead atoms. The number of nitrogens with two attached hydrogens (primary N) is 2. The van der Waals surface area contributed by atoms with Gasteiger partial charge in [-0.1, -0.05) is 11.6 Å². The maximum atomic E-state index is 10.6. The highest BCUT2D eigenvalue weighted by Gasteiger charge is 2.17. The highest BCUT2D eigenvalue weighted by atomic mass is 35.5. The second-order valence-electron chi connectivity index (χ2n) is 1.99. The first-order valence-corrected chi connectivity index (χ1v) is 3.24. The van der Waals surface area contributed by atoms with Crippen LogP contribution in [-0.2, 0) is 0 Å². The van der Waals surface area contributed by atoms with Crippen LogP contribution in [0.4, 0.5) is 4.79 Å². The van der Waals surface area contributed by atoms with Crippen LogP contribution in [0.2, 0.25) is 0 Å². The number of urea groups is 1. The van der Waals surface area contributed by atoms with Crippen molar-refractivity contribution in [2.24, 2.45) is 16.5 Å². The summed E-state index contributed by atoms with van der Waals surface area (Å²) in [5.74, 6) is 0.0712. The molecule has 11 heavy (non-hydrogen) atoms. The Bertz CT molecular complexity index is 247. The van der Waals surface area contributed by atoms with E-state index in [0.29, 0.717) is 5.03 Å². The summed E-state index contributed by atoms with van der Waals surface area (Å²) in [6.45, 7) is 0.201. The van der Waals surface area contributed by atoms with E-state index in [-0.39, 0.29) is 12.5 Å². The summed E-state index contributed by atoms with van der Waals surface area (Å²) in [6, 6.07) is -0.655. The molecule has 0 aromatic carbocycles. The molecule has 60 valence electrons. The molecule has 0 aromatic heterocycles. The van der Waals surface area contributed by atoms with Crippen LogP contribution in [0.5, 0.6) is 0 Å². The van der Waals surface area contributed by atoms with Crippen LogP contribution < -0.4 is 11.5 Å². The van der Waals surface area contributed by atoms with Crippen LogP contribution >= 0.6 is 11.6 Å². The van der Waals surface area contributed by atoms with E-state index in [1.165, 1.54) is 6.20 Å². The molecule has 0 saturated carbocycles. The van der Waals surface area contributed by atoms with E-state index in [9.17, 15) is 4.79 Å². The van der Waals surface area contributed by atoms with Gasteiger partial charge < -0.3 is 11.5 Å². The molecule has 1 heterocycles. The van der Waals surface area contributed by atoms with Gasteiger partial charge in [-0.25, -0.2) is 9.79 Å². The SMILES string of the molecule is NC(=O)N1CC(Cl)=CN=C1N. The molecule has 0 aliphatic carbocycles. The smallest absolute Gasteiger partial charge is 0.321 e. The Labute approximate surface area is 68.3 Å². The average Bonchev–Trinajstić information content (AvgIpc) is 1.94. The van der Waals surface area contributed by atoms with Gasteiger partial charge in [0.05, 0.1) is 11.6 Å². The summed E-state index contributed by atoms with van der Waals surface area (Å²) in [7, 11) is 0. The quantitative estimate of drug-likeness (QED) is 0.532. The van der Waals surface area contributed by atoms with Gasteiger partial charge in [0.2, 0.25) is 5.96 Å². The molecule has 0 aromatic rings. The molecule has 0 saturated heterocycles. The Morgan fingerprint density at radius 1 is 1.82 bits per heavy atom. The van der Waals surface area contributed by atoms with Crippen molar-refractivity contribution < 1.29 is 4.79 Å². The van der Waals surface area contributed by atoms with E-state index in [1.54, 1.807) is 0 Å². The number of guanidine groups is 1. The van der Waals surface area contributed by atoms with Gasteiger partial charge in [-0.2, -0.15) is 0 Å². The van der Waals surface area contributed by atoms with Gasteiger partial charge in [-0.05, 0) is 0 Å². The fraction of sp³-hybridized carbons (Fsp3) is 0.200. The molecular weight excluding hydrogens is 168 g/mol.